The van der Waals surface area contributed by atoms with E-state index in [-0.39, 0.29) is 34.8 Å². The number of thioether (sulfide) groups is 1. The van der Waals surface area contributed by atoms with Crippen molar-refractivity contribution in [1.82, 2.24) is 10.2 Å². The van der Waals surface area contributed by atoms with Crippen molar-refractivity contribution in [2.75, 3.05) is 13.1 Å². The molecule has 1 aromatic rings. The van der Waals surface area contributed by atoms with Crippen molar-refractivity contribution in [3.63, 3.8) is 0 Å². The van der Waals surface area contributed by atoms with Crippen LogP contribution in [0.5, 0.6) is 5.75 Å². The van der Waals surface area contributed by atoms with E-state index in [1.165, 1.54) is 0 Å². The highest BCUT2D eigenvalue weighted by Gasteiger charge is 2.41. The summed E-state index contributed by atoms with van der Waals surface area (Å²) in [7, 11) is 0. The standard InChI is InChI=1S/C23H24F3N3O3S/c24-23(25,26)14-4-8-19(27-11-14)29-9-1-2-16(12-29)32-15-5-7-17-13(10-15)3-6-18(17)20-21(30)28-22(31)33-20/h5,7-8,10-11,14,16,18,20H,1-4,6,9,12H2,(H,28,30,31)/t14?,16-,18+,20?/m0/s1. The van der Waals surface area contributed by atoms with Crippen LogP contribution in [0.15, 0.2) is 35.1 Å². The third kappa shape index (κ3) is 4.62. The monoisotopic (exact) mass is 479 g/mol. The van der Waals surface area contributed by atoms with Crippen molar-refractivity contribution in [2.45, 2.75) is 55.6 Å². The average Bonchev–Trinajstić information content (AvgIpc) is 3.35. The summed E-state index contributed by atoms with van der Waals surface area (Å²) in [5, 5.41) is 1.70. The Labute approximate surface area is 193 Å². The first-order valence-electron chi connectivity index (χ1n) is 11.1. The zero-order valence-corrected chi connectivity index (χ0v) is 18.6. The first-order chi connectivity index (χ1) is 15.8. The second-order valence-corrected chi connectivity index (χ2v) is 9.99. The van der Waals surface area contributed by atoms with Gasteiger partial charge in [0.25, 0.3) is 5.24 Å². The maximum Gasteiger partial charge on any atom is 0.396 e. The number of benzene rings is 1. The van der Waals surface area contributed by atoms with Gasteiger partial charge < -0.3 is 9.64 Å². The fourth-order valence-corrected chi connectivity index (χ4v) is 6.03. The van der Waals surface area contributed by atoms with Crippen molar-refractivity contribution < 1.29 is 27.5 Å². The van der Waals surface area contributed by atoms with Crippen LogP contribution in [0.25, 0.3) is 0 Å². The summed E-state index contributed by atoms with van der Waals surface area (Å²) in [4.78, 5) is 29.7. The molecule has 6 nitrogen and oxygen atoms in total. The van der Waals surface area contributed by atoms with E-state index in [1.807, 2.05) is 23.1 Å². The Kier molecular flexibility index (Phi) is 5.88. The molecule has 176 valence electrons. The zero-order chi connectivity index (χ0) is 23.2. The summed E-state index contributed by atoms with van der Waals surface area (Å²) in [6, 6.07) is 5.91. The summed E-state index contributed by atoms with van der Waals surface area (Å²) in [6.45, 7) is 1.31. The van der Waals surface area contributed by atoms with E-state index in [1.54, 1.807) is 6.08 Å². The van der Waals surface area contributed by atoms with Crippen molar-refractivity contribution in [1.29, 1.82) is 0 Å². The number of fused-ring (bicyclic) bond motifs is 1. The molecule has 0 bridgehead atoms. The largest absolute Gasteiger partial charge is 0.489 e. The van der Waals surface area contributed by atoms with E-state index in [9.17, 15) is 22.8 Å². The molecule has 5 rings (SSSR count). The quantitative estimate of drug-likeness (QED) is 0.693. The lowest BCUT2D eigenvalue weighted by Crippen LogP contribution is -2.41. The van der Waals surface area contributed by atoms with Crippen LogP contribution in [0, 0.1) is 5.92 Å². The van der Waals surface area contributed by atoms with Crippen molar-refractivity contribution >= 4 is 29.1 Å². The molecule has 1 N–H and O–H groups in total. The number of piperidine rings is 1. The molecular weight excluding hydrogens is 455 g/mol. The Morgan fingerprint density at radius 3 is 2.76 bits per heavy atom. The van der Waals surface area contributed by atoms with E-state index in [2.05, 4.69) is 10.3 Å². The molecule has 1 aromatic carbocycles. The maximum atomic E-state index is 12.9. The van der Waals surface area contributed by atoms with Gasteiger partial charge in [0.15, 0.2) is 0 Å². The van der Waals surface area contributed by atoms with E-state index in [0.29, 0.717) is 12.4 Å². The Bertz CT molecular complexity index is 1030. The van der Waals surface area contributed by atoms with Crippen LogP contribution < -0.4 is 10.1 Å². The summed E-state index contributed by atoms with van der Waals surface area (Å²) in [5.74, 6) is -0.374. The van der Waals surface area contributed by atoms with E-state index in [4.69, 9.17) is 4.74 Å². The summed E-state index contributed by atoms with van der Waals surface area (Å²) >= 11 is 1.07. The van der Waals surface area contributed by atoms with Gasteiger partial charge in [0.1, 0.15) is 22.9 Å². The third-order valence-corrected chi connectivity index (χ3v) is 7.80. The SMILES string of the molecule is O=C1NC(=O)C([C@@H]2CCc3cc(O[C@H]4CCCN(C5=CCC(C(F)(F)F)C=N5)C4)ccc32)S1. The number of carbonyl (C=O) groups is 2. The molecule has 2 unspecified atom stereocenters. The van der Waals surface area contributed by atoms with Gasteiger partial charge in [-0.3, -0.25) is 14.9 Å². The van der Waals surface area contributed by atoms with Crippen LogP contribution in [0.4, 0.5) is 18.0 Å². The topological polar surface area (TPSA) is 71.0 Å². The van der Waals surface area contributed by atoms with Crippen LogP contribution in [0.3, 0.4) is 0 Å². The van der Waals surface area contributed by atoms with Gasteiger partial charge in [-0.2, -0.15) is 13.2 Å². The molecule has 4 aliphatic rings. The predicted molar refractivity (Wildman–Crippen MR) is 118 cm³/mol. The van der Waals surface area contributed by atoms with E-state index < -0.39 is 12.1 Å². The normalized spacial score (nSPS) is 29.7. The van der Waals surface area contributed by atoms with Crippen LogP contribution in [-0.2, 0) is 11.2 Å². The first-order valence-corrected chi connectivity index (χ1v) is 12.0. The molecule has 0 spiro atoms. The average molecular weight is 480 g/mol. The number of alkyl halides is 3. The summed E-state index contributed by atoms with van der Waals surface area (Å²) in [5.41, 5.74) is 2.23. The Hall–Kier alpha value is -2.49. The minimum Gasteiger partial charge on any atom is -0.489 e. The number of hydrogen-bond donors (Lipinski definition) is 1. The molecular formula is C23H24F3N3O3S. The van der Waals surface area contributed by atoms with Crippen molar-refractivity contribution in [3.8, 4) is 5.75 Å². The molecule has 2 saturated heterocycles. The summed E-state index contributed by atoms with van der Waals surface area (Å²) in [6.07, 6.45) is 1.52. The number of amides is 2. The number of aryl methyl sites for hydroxylation is 1. The minimum absolute atomic E-state index is 0.0206. The number of imide groups is 1. The highest BCUT2D eigenvalue weighted by atomic mass is 32.2. The molecule has 1 aliphatic carbocycles. The van der Waals surface area contributed by atoms with Crippen LogP contribution in [0.2, 0.25) is 0 Å². The number of hydrogen-bond acceptors (Lipinski definition) is 6. The number of ether oxygens (including phenoxy) is 1. The van der Waals surface area contributed by atoms with Gasteiger partial charge in [-0.1, -0.05) is 17.8 Å². The zero-order valence-electron chi connectivity index (χ0n) is 17.8. The highest BCUT2D eigenvalue weighted by Crippen LogP contribution is 2.43. The number of nitrogens with one attached hydrogen (secondary N) is 1. The number of allylic oxidation sites excluding steroid dienone is 1. The van der Waals surface area contributed by atoms with Crippen molar-refractivity contribution in [2.24, 2.45) is 10.9 Å². The predicted octanol–water partition coefficient (Wildman–Crippen LogP) is 4.41. The Morgan fingerprint density at radius 2 is 2.06 bits per heavy atom. The lowest BCUT2D eigenvalue weighted by Gasteiger charge is -2.35. The van der Waals surface area contributed by atoms with Crippen LogP contribution in [0.1, 0.15) is 42.7 Å². The molecule has 0 aromatic heterocycles. The molecule has 33 heavy (non-hydrogen) atoms. The Morgan fingerprint density at radius 1 is 1.21 bits per heavy atom. The van der Waals surface area contributed by atoms with Gasteiger partial charge in [0.2, 0.25) is 5.91 Å². The molecule has 10 heteroatoms. The second kappa shape index (κ2) is 8.70. The number of rotatable bonds is 4. The molecule has 2 fully saturated rings. The fourth-order valence-electron chi connectivity index (χ4n) is 5.03. The molecule has 0 saturated carbocycles. The third-order valence-electron chi connectivity index (χ3n) is 6.69. The fraction of sp³-hybridized carbons (Fsp3) is 0.522. The molecule has 2 amide bonds. The first kappa shape index (κ1) is 22.3. The van der Waals surface area contributed by atoms with Gasteiger partial charge in [-0.15, -0.1) is 0 Å². The van der Waals surface area contributed by atoms with Gasteiger partial charge >= 0.3 is 6.18 Å². The van der Waals surface area contributed by atoms with Gasteiger partial charge in [0.05, 0.1) is 12.5 Å². The lowest BCUT2D eigenvalue weighted by molar-refractivity contribution is -0.153. The smallest absolute Gasteiger partial charge is 0.396 e. The molecule has 3 aliphatic heterocycles. The van der Waals surface area contributed by atoms with Gasteiger partial charge in [-0.25, -0.2) is 4.99 Å². The molecule has 0 radical (unpaired) electrons. The van der Waals surface area contributed by atoms with Crippen molar-refractivity contribution in [3.05, 3.63) is 41.2 Å². The number of aliphatic imine (C=N–C) groups is 1. The highest BCUT2D eigenvalue weighted by molar-refractivity contribution is 8.15. The molecule has 4 atom stereocenters. The lowest BCUT2D eigenvalue weighted by atomic mass is 9.97. The second-order valence-electron chi connectivity index (χ2n) is 8.87. The number of carbonyl (C=O) groups excluding carboxylic acids is 2. The van der Waals surface area contributed by atoms with Gasteiger partial charge in [0, 0.05) is 18.7 Å². The summed E-state index contributed by atoms with van der Waals surface area (Å²) < 4.78 is 44.8. The van der Waals surface area contributed by atoms with E-state index in [0.717, 1.165) is 67.1 Å². The van der Waals surface area contributed by atoms with E-state index >= 15 is 0 Å². The van der Waals surface area contributed by atoms with Crippen LogP contribution >= 0.6 is 11.8 Å². The molecule has 3 heterocycles. The minimum atomic E-state index is -4.26. The number of likely N-dealkylation sites (tertiary alicyclic amines) is 1. The van der Waals surface area contributed by atoms with Crippen LogP contribution in [-0.4, -0.2) is 52.9 Å². The Balaban J connectivity index is 1.22. The van der Waals surface area contributed by atoms with Gasteiger partial charge in [-0.05, 0) is 61.4 Å². The number of nitrogens with zero attached hydrogens (tertiary/aromatic N) is 2. The number of halogens is 3. The maximum absolute atomic E-state index is 12.9.